The summed E-state index contributed by atoms with van der Waals surface area (Å²) in [6.07, 6.45) is 9.34. The molecule has 0 radical (unpaired) electrons. The molecule has 7 heteroatoms. The Morgan fingerprint density at radius 1 is 1.26 bits per heavy atom. The molecule has 0 bridgehead atoms. The maximum absolute atomic E-state index is 9.98. The highest BCUT2D eigenvalue weighted by atomic mass is 32.2. The molecule has 2 heterocycles. The normalized spacial score (nSPS) is 25.4. The smallest absolute Gasteiger partial charge is 0.261 e. The lowest BCUT2D eigenvalue weighted by atomic mass is 9.78. The maximum atomic E-state index is 9.98. The molecule has 1 atom stereocenters. The minimum atomic E-state index is -3.67. The van der Waals surface area contributed by atoms with Crippen molar-refractivity contribution in [2.24, 2.45) is 0 Å². The SMILES string of the molecule is CS(=O)(=O)O.OC1CCCN(C2(c3cccs3)CCCCC2)C1. The average Bonchev–Trinajstić information content (AvgIpc) is 3.01. The van der Waals surface area contributed by atoms with Crippen LogP contribution in [0.15, 0.2) is 17.5 Å². The maximum Gasteiger partial charge on any atom is 0.261 e. The van der Waals surface area contributed by atoms with E-state index in [1.807, 2.05) is 11.3 Å². The number of thiophene rings is 1. The molecule has 132 valence electrons. The van der Waals surface area contributed by atoms with Gasteiger partial charge in [0.1, 0.15) is 0 Å². The molecule has 0 amide bonds. The molecular formula is C16H27NO4S2. The molecule has 2 fully saturated rings. The lowest BCUT2D eigenvalue weighted by Gasteiger charge is -2.48. The standard InChI is InChI=1S/C15H23NOS.CH4O3S/c17-13-6-4-10-16(12-13)15(8-2-1-3-9-15)14-7-5-11-18-14;1-5(2,3)4/h5,7,11,13,17H,1-4,6,8-10,12H2;1H3,(H,2,3,4). The topological polar surface area (TPSA) is 77.8 Å². The second-order valence-electron chi connectivity index (χ2n) is 6.54. The van der Waals surface area contributed by atoms with E-state index in [1.165, 1.54) is 37.0 Å². The fraction of sp³-hybridized carbons (Fsp3) is 0.750. The Hall–Kier alpha value is -0.470. The van der Waals surface area contributed by atoms with Crippen molar-refractivity contribution in [3.05, 3.63) is 22.4 Å². The van der Waals surface area contributed by atoms with E-state index >= 15 is 0 Å². The highest BCUT2D eigenvalue weighted by molar-refractivity contribution is 7.85. The van der Waals surface area contributed by atoms with E-state index in [9.17, 15) is 13.5 Å². The van der Waals surface area contributed by atoms with Crippen LogP contribution in [0.25, 0.3) is 0 Å². The first kappa shape index (κ1) is 18.9. The molecule has 1 saturated heterocycles. The Balaban J connectivity index is 0.000000338. The predicted molar refractivity (Wildman–Crippen MR) is 93.4 cm³/mol. The van der Waals surface area contributed by atoms with Crippen molar-refractivity contribution in [3.63, 3.8) is 0 Å². The van der Waals surface area contributed by atoms with Crippen molar-refractivity contribution in [2.45, 2.75) is 56.6 Å². The fourth-order valence-corrected chi connectivity index (χ4v) is 4.76. The van der Waals surface area contributed by atoms with Crippen LogP contribution in [0, 0.1) is 0 Å². The molecule has 1 saturated carbocycles. The Kier molecular flexibility index (Phi) is 6.62. The number of aliphatic hydroxyl groups is 1. The van der Waals surface area contributed by atoms with E-state index in [1.54, 1.807) is 0 Å². The number of hydrogen-bond acceptors (Lipinski definition) is 5. The number of nitrogens with zero attached hydrogens (tertiary/aromatic N) is 1. The zero-order chi connectivity index (χ0) is 16.9. The Bertz CT molecular complexity index is 557. The first-order chi connectivity index (χ1) is 10.8. The van der Waals surface area contributed by atoms with E-state index in [2.05, 4.69) is 22.4 Å². The Labute approximate surface area is 143 Å². The summed E-state index contributed by atoms with van der Waals surface area (Å²) in [4.78, 5) is 4.11. The third-order valence-electron chi connectivity index (χ3n) is 4.66. The summed E-state index contributed by atoms with van der Waals surface area (Å²) < 4.78 is 25.9. The van der Waals surface area contributed by atoms with Gasteiger partial charge >= 0.3 is 0 Å². The van der Waals surface area contributed by atoms with Gasteiger partial charge in [-0.25, -0.2) is 0 Å². The van der Waals surface area contributed by atoms with Gasteiger partial charge in [-0.05, 0) is 43.7 Å². The first-order valence-electron chi connectivity index (χ1n) is 8.21. The van der Waals surface area contributed by atoms with E-state index in [-0.39, 0.29) is 11.6 Å². The zero-order valence-corrected chi connectivity index (χ0v) is 15.3. The summed E-state index contributed by atoms with van der Waals surface area (Å²) in [5, 5.41) is 12.2. The summed E-state index contributed by atoms with van der Waals surface area (Å²) in [6.45, 7) is 2.03. The molecule has 1 aliphatic carbocycles. The number of aliphatic hydroxyl groups excluding tert-OH is 1. The van der Waals surface area contributed by atoms with Gasteiger partial charge in [-0.1, -0.05) is 25.3 Å². The van der Waals surface area contributed by atoms with Gasteiger partial charge in [0.2, 0.25) is 0 Å². The molecule has 1 aromatic rings. The highest BCUT2D eigenvalue weighted by Crippen LogP contribution is 2.45. The molecule has 0 aromatic carbocycles. The predicted octanol–water partition coefficient (Wildman–Crippen LogP) is 2.87. The van der Waals surface area contributed by atoms with E-state index in [0.29, 0.717) is 6.26 Å². The third kappa shape index (κ3) is 5.53. The molecule has 23 heavy (non-hydrogen) atoms. The van der Waals surface area contributed by atoms with E-state index in [0.717, 1.165) is 25.9 Å². The molecule has 2 aliphatic rings. The summed E-state index contributed by atoms with van der Waals surface area (Å²) >= 11 is 1.90. The number of β-amino-alcohol motifs (C(OH)–C–C–N with tert-alkyl or cyclic N) is 1. The van der Waals surface area contributed by atoms with Crippen LogP contribution in [0.2, 0.25) is 0 Å². The summed E-state index contributed by atoms with van der Waals surface area (Å²) in [5.74, 6) is 0. The average molecular weight is 362 g/mol. The molecule has 1 unspecified atom stereocenters. The second kappa shape index (κ2) is 8.07. The monoisotopic (exact) mass is 361 g/mol. The van der Waals surface area contributed by atoms with E-state index < -0.39 is 10.1 Å². The van der Waals surface area contributed by atoms with Gasteiger partial charge < -0.3 is 5.11 Å². The van der Waals surface area contributed by atoms with Gasteiger partial charge in [0.25, 0.3) is 10.1 Å². The van der Waals surface area contributed by atoms with Gasteiger partial charge in [-0.2, -0.15) is 8.42 Å². The molecule has 5 nitrogen and oxygen atoms in total. The fourth-order valence-electron chi connectivity index (χ4n) is 3.74. The molecular weight excluding hydrogens is 334 g/mol. The first-order valence-corrected chi connectivity index (χ1v) is 10.9. The van der Waals surface area contributed by atoms with Gasteiger partial charge in [0.05, 0.1) is 17.9 Å². The highest BCUT2D eigenvalue weighted by Gasteiger charge is 2.41. The molecule has 3 rings (SSSR count). The summed E-state index contributed by atoms with van der Waals surface area (Å²) in [5.41, 5.74) is 0.244. The molecule has 1 aromatic heterocycles. The molecule has 1 aliphatic heterocycles. The van der Waals surface area contributed by atoms with Gasteiger partial charge in [0.15, 0.2) is 0 Å². The molecule has 2 N–H and O–H groups in total. The van der Waals surface area contributed by atoms with Gasteiger partial charge in [-0.3, -0.25) is 9.45 Å². The van der Waals surface area contributed by atoms with E-state index in [4.69, 9.17) is 4.55 Å². The van der Waals surface area contributed by atoms with Crippen LogP contribution >= 0.6 is 11.3 Å². The van der Waals surface area contributed by atoms with Crippen LogP contribution in [-0.4, -0.2) is 48.4 Å². The van der Waals surface area contributed by atoms with Crippen LogP contribution in [0.3, 0.4) is 0 Å². The Morgan fingerprint density at radius 3 is 2.43 bits per heavy atom. The van der Waals surface area contributed by atoms with Gasteiger partial charge in [-0.15, -0.1) is 11.3 Å². The van der Waals surface area contributed by atoms with Crippen LogP contribution in [-0.2, 0) is 15.7 Å². The van der Waals surface area contributed by atoms with Gasteiger partial charge in [0, 0.05) is 11.4 Å². The largest absolute Gasteiger partial charge is 0.392 e. The van der Waals surface area contributed by atoms with Crippen molar-refractivity contribution in [3.8, 4) is 0 Å². The third-order valence-corrected chi connectivity index (χ3v) is 5.73. The number of hydrogen-bond donors (Lipinski definition) is 2. The van der Waals surface area contributed by atoms with Crippen LogP contribution in [0.4, 0.5) is 0 Å². The summed E-state index contributed by atoms with van der Waals surface area (Å²) in [7, 11) is -3.67. The number of rotatable bonds is 2. The van der Waals surface area contributed by atoms with Crippen molar-refractivity contribution in [1.29, 1.82) is 0 Å². The zero-order valence-electron chi connectivity index (χ0n) is 13.6. The quantitative estimate of drug-likeness (QED) is 0.792. The van der Waals surface area contributed by atoms with Crippen LogP contribution in [0.5, 0.6) is 0 Å². The molecule has 0 spiro atoms. The number of piperidine rings is 1. The summed E-state index contributed by atoms with van der Waals surface area (Å²) in [6, 6.07) is 4.48. The lowest BCUT2D eigenvalue weighted by molar-refractivity contribution is -0.0193. The number of likely N-dealkylation sites (tertiary alicyclic amines) is 1. The second-order valence-corrected chi connectivity index (χ2v) is 8.96. The van der Waals surface area contributed by atoms with Crippen molar-refractivity contribution >= 4 is 21.5 Å². The van der Waals surface area contributed by atoms with Crippen LogP contribution < -0.4 is 0 Å². The van der Waals surface area contributed by atoms with Crippen molar-refractivity contribution < 1.29 is 18.1 Å². The minimum absolute atomic E-state index is 0.113. The van der Waals surface area contributed by atoms with Crippen LogP contribution in [0.1, 0.15) is 49.8 Å². The Morgan fingerprint density at radius 2 is 1.91 bits per heavy atom. The van der Waals surface area contributed by atoms with Crippen molar-refractivity contribution in [1.82, 2.24) is 4.90 Å². The lowest BCUT2D eigenvalue weighted by Crippen LogP contribution is -2.52. The van der Waals surface area contributed by atoms with Crippen molar-refractivity contribution in [2.75, 3.05) is 19.3 Å². The minimum Gasteiger partial charge on any atom is -0.392 e.